The monoisotopic (exact) mass is 536 g/mol. The summed E-state index contributed by atoms with van der Waals surface area (Å²) in [6.45, 7) is 4.07. The Labute approximate surface area is 215 Å². The van der Waals surface area contributed by atoms with Crippen molar-refractivity contribution in [1.82, 2.24) is 0 Å². The van der Waals surface area contributed by atoms with E-state index in [1.807, 2.05) is 37.3 Å². The number of benzene rings is 2. The first kappa shape index (κ1) is 23.8. The van der Waals surface area contributed by atoms with Crippen molar-refractivity contribution in [2.24, 2.45) is 5.92 Å². The number of quaternary nitrogens is 1. The van der Waals surface area contributed by atoms with Gasteiger partial charge in [0.25, 0.3) is 0 Å². The highest BCUT2D eigenvalue weighted by Gasteiger charge is 2.69. The summed E-state index contributed by atoms with van der Waals surface area (Å²) >= 11 is 0. The van der Waals surface area contributed by atoms with E-state index in [9.17, 15) is 14.7 Å². The first-order valence-corrected chi connectivity index (χ1v) is 11.9. The first-order valence-electron chi connectivity index (χ1n) is 11.9. The van der Waals surface area contributed by atoms with Crippen LogP contribution in [0, 0.1) is 5.92 Å². The maximum Gasteiger partial charge on any atom is 0.216 e. The Hall–Kier alpha value is -2.90. The zero-order valence-electron chi connectivity index (χ0n) is 19.9. The number of anilines is 1. The fraction of sp³-hybridized carbons (Fsp3) is 0.357. The van der Waals surface area contributed by atoms with E-state index in [4.69, 9.17) is 4.74 Å². The van der Waals surface area contributed by atoms with E-state index in [0.29, 0.717) is 22.3 Å². The van der Waals surface area contributed by atoms with Crippen LogP contribution in [0.3, 0.4) is 0 Å². The van der Waals surface area contributed by atoms with Crippen LogP contribution in [0.4, 0.5) is 5.69 Å². The second-order valence-corrected chi connectivity index (χ2v) is 10.1. The lowest BCUT2D eigenvalue weighted by Gasteiger charge is -2.53. The van der Waals surface area contributed by atoms with E-state index in [0.717, 1.165) is 54.8 Å². The molecule has 0 aromatic heterocycles. The van der Waals surface area contributed by atoms with Crippen LogP contribution in [0.1, 0.15) is 35.7 Å². The quantitative estimate of drug-likeness (QED) is 0.196. The number of nitrogens with one attached hydrogen (secondary N) is 1. The van der Waals surface area contributed by atoms with Crippen LogP contribution in [0.15, 0.2) is 65.4 Å². The lowest BCUT2D eigenvalue weighted by molar-refractivity contribution is -0.934. The van der Waals surface area contributed by atoms with Crippen molar-refractivity contribution in [2.75, 3.05) is 32.1 Å². The van der Waals surface area contributed by atoms with Crippen LogP contribution in [-0.4, -0.2) is 54.4 Å². The van der Waals surface area contributed by atoms with Crippen molar-refractivity contribution < 1.29 is 40.9 Å². The Balaban J connectivity index is 0.00000253. The molecule has 2 bridgehead atoms. The molecule has 6 nitrogen and oxygen atoms in total. The van der Waals surface area contributed by atoms with Gasteiger partial charge >= 0.3 is 0 Å². The number of fused-ring (bicyclic) bond motifs is 2. The van der Waals surface area contributed by atoms with E-state index in [1.54, 1.807) is 13.2 Å². The van der Waals surface area contributed by atoms with Crippen molar-refractivity contribution in [2.45, 2.75) is 31.2 Å². The Morgan fingerprint density at radius 3 is 2.71 bits per heavy atom. The number of halogens is 1. The lowest BCUT2D eigenvalue weighted by Crippen LogP contribution is -3.00. The normalized spacial score (nSPS) is 30.7. The predicted molar refractivity (Wildman–Crippen MR) is 129 cm³/mol. The number of carbonyl (C=O) groups excluding carboxylic acids is 2. The highest BCUT2D eigenvalue weighted by molar-refractivity contribution is 5.97. The third-order valence-corrected chi connectivity index (χ3v) is 8.84. The number of aldehydes is 1. The molecule has 2 aromatic carbocycles. The standard InChI is InChI=1S/C28H28N2O4.BrH/c1-3-17-14-30(15-24(33)18-7-9-19(34-2)10-8-18)12-11-28-22-5-4-6-23(32)26(22)29-27(28)21(16-31)20(17)13-25(28)30;/h3-10,16,20,25H,11-15H2,1-2H3,(H-,29,31,32);1H/b17-3-;/t20-,25-,28+,30?;/m0./s1. The topological polar surface area (TPSA) is 75.6 Å². The molecular formula is C28H29BrN2O4. The number of phenolic OH excluding ortho intramolecular Hbond substituents is 1. The SMILES string of the molecule is C/C=C1/C[N+]2(CC(=O)c3ccc(OC)cc3)CC[C@]34C(=C(C=O)[C@H]1C[C@@H]32)Nc1c(O)cccc14.[Br-]. The Bertz CT molecular complexity index is 1280. The predicted octanol–water partition coefficient (Wildman–Crippen LogP) is 0.973. The third kappa shape index (κ3) is 3.10. The molecule has 4 aliphatic rings. The minimum Gasteiger partial charge on any atom is -1.00 e. The molecule has 2 saturated heterocycles. The van der Waals surface area contributed by atoms with E-state index in [2.05, 4.69) is 17.5 Å². The number of nitrogens with zero attached hydrogens (tertiary/aromatic N) is 1. The number of hydrogen-bond donors (Lipinski definition) is 2. The minimum atomic E-state index is -0.375. The van der Waals surface area contributed by atoms with Gasteiger partial charge in [-0.15, -0.1) is 0 Å². The molecule has 4 atom stereocenters. The maximum atomic E-state index is 13.6. The second kappa shape index (κ2) is 8.35. The van der Waals surface area contributed by atoms with Gasteiger partial charge in [-0.1, -0.05) is 18.2 Å². The summed E-state index contributed by atoms with van der Waals surface area (Å²) in [5.74, 6) is 1.12. The molecule has 35 heavy (non-hydrogen) atoms. The smallest absolute Gasteiger partial charge is 0.216 e. The fourth-order valence-corrected chi connectivity index (χ4v) is 7.34. The Morgan fingerprint density at radius 2 is 2.03 bits per heavy atom. The molecule has 1 spiro atoms. The van der Waals surface area contributed by atoms with Gasteiger partial charge in [-0.2, -0.15) is 0 Å². The summed E-state index contributed by atoms with van der Waals surface area (Å²) < 4.78 is 5.94. The minimum absolute atomic E-state index is 0. The number of carbonyl (C=O) groups is 2. The number of para-hydroxylation sites is 1. The van der Waals surface area contributed by atoms with Gasteiger partial charge in [-0.3, -0.25) is 9.59 Å². The molecule has 2 aromatic rings. The number of ether oxygens (including phenoxy) is 1. The molecule has 0 saturated carbocycles. The van der Waals surface area contributed by atoms with Crippen molar-refractivity contribution in [3.8, 4) is 11.5 Å². The fourth-order valence-electron chi connectivity index (χ4n) is 7.34. The third-order valence-electron chi connectivity index (χ3n) is 8.84. The van der Waals surface area contributed by atoms with Crippen molar-refractivity contribution in [1.29, 1.82) is 0 Å². The van der Waals surface area contributed by atoms with E-state index in [-0.39, 0.29) is 45.9 Å². The number of ketones is 1. The molecule has 182 valence electrons. The second-order valence-electron chi connectivity index (χ2n) is 10.1. The van der Waals surface area contributed by atoms with Crippen molar-refractivity contribution in [3.05, 3.63) is 76.5 Å². The molecule has 0 amide bonds. The van der Waals surface area contributed by atoms with Gasteiger partial charge in [0.2, 0.25) is 5.78 Å². The summed E-state index contributed by atoms with van der Waals surface area (Å²) in [5, 5.41) is 14.1. The first-order chi connectivity index (χ1) is 16.5. The molecular weight excluding hydrogens is 508 g/mol. The lowest BCUT2D eigenvalue weighted by atomic mass is 9.61. The molecule has 3 heterocycles. The van der Waals surface area contributed by atoms with Crippen molar-refractivity contribution >= 4 is 17.8 Å². The van der Waals surface area contributed by atoms with Crippen LogP contribution < -0.4 is 27.0 Å². The summed E-state index contributed by atoms with van der Waals surface area (Å²) in [6.07, 6.45) is 4.82. The molecule has 0 radical (unpaired) electrons. The van der Waals surface area contributed by atoms with Crippen LogP contribution in [0.5, 0.6) is 11.5 Å². The van der Waals surface area contributed by atoms with Gasteiger partial charge in [-0.05, 0) is 48.4 Å². The number of hydrogen-bond acceptors (Lipinski definition) is 5. The zero-order valence-corrected chi connectivity index (χ0v) is 21.5. The van der Waals surface area contributed by atoms with Crippen LogP contribution >= 0.6 is 0 Å². The van der Waals surface area contributed by atoms with Crippen LogP contribution in [0.2, 0.25) is 0 Å². The number of piperidine rings is 1. The number of methoxy groups -OCH3 is 1. The summed E-state index contributed by atoms with van der Waals surface area (Å²) in [4.78, 5) is 26.0. The molecule has 7 heteroatoms. The molecule has 1 aliphatic carbocycles. The van der Waals surface area contributed by atoms with Gasteiger partial charge in [0, 0.05) is 35.6 Å². The number of phenols is 1. The molecule has 2 fully saturated rings. The van der Waals surface area contributed by atoms with Gasteiger partial charge in [-0.25, -0.2) is 0 Å². The van der Waals surface area contributed by atoms with Gasteiger partial charge in [0.15, 0.2) is 0 Å². The Morgan fingerprint density at radius 1 is 1.26 bits per heavy atom. The summed E-state index contributed by atoms with van der Waals surface area (Å²) in [7, 11) is 1.62. The molecule has 2 N–H and O–H groups in total. The van der Waals surface area contributed by atoms with Gasteiger partial charge in [0.1, 0.15) is 36.9 Å². The Kier molecular flexibility index (Phi) is 5.68. The molecule has 6 rings (SSSR count). The average Bonchev–Trinajstić information content (AvgIpc) is 3.39. The maximum absolute atomic E-state index is 13.6. The summed E-state index contributed by atoms with van der Waals surface area (Å²) in [5.41, 5.74) is 5.07. The number of Topliss-reactive ketones (excluding diaryl/α,β-unsaturated/α-hetero) is 1. The van der Waals surface area contributed by atoms with Crippen molar-refractivity contribution in [3.63, 3.8) is 0 Å². The highest BCUT2D eigenvalue weighted by atomic mass is 79.9. The number of rotatable bonds is 5. The van der Waals surface area contributed by atoms with Gasteiger partial charge in [0.05, 0.1) is 24.8 Å². The summed E-state index contributed by atoms with van der Waals surface area (Å²) in [6, 6.07) is 13.2. The molecule has 3 aliphatic heterocycles. The number of allylic oxidation sites excluding steroid dienone is 2. The van der Waals surface area contributed by atoms with Crippen LogP contribution in [0.25, 0.3) is 0 Å². The van der Waals surface area contributed by atoms with E-state index >= 15 is 0 Å². The largest absolute Gasteiger partial charge is 1.00 e. The zero-order chi connectivity index (χ0) is 23.7. The average molecular weight is 537 g/mol. The van der Waals surface area contributed by atoms with Crippen LogP contribution in [-0.2, 0) is 10.2 Å². The number of aromatic hydroxyl groups is 1. The van der Waals surface area contributed by atoms with Gasteiger partial charge < -0.3 is 36.6 Å². The molecule has 1 unspecified atom stereocenters. The highest BCUT2D eigenvalue weighted by Crippen LogP contribution is 2.64. The van der Waals surface area contributed by atoms with E-state index in [1.165, 1.54) is 5.57 Å². The van der Waals surface area contributed by atoms with E-state index < -0.39 is 0 Å².